The van der Waals surface area contributed by atoms with E-state index in [0.717, 1.165) is 9.21 Å². The van der Waals surface area contributed by atoms with Crippen LogP contribution in [-0.2, 0) is 11.3 Å². The van der Waals surface area contributed by atoms with Crippen LogP contribution in [0.1, 0.15) is 18.7 Å². The Morgan fingerprint density at radius 2 is 2.28 bits per heavy atom. The molecule has 0 saturated carbocycles. The molecule has 5 heteroatoms. The number of rotatable bonds is 6. The summed E-state index contributed by atoms with van der Waals surface area (Å²) in [5.74, 6) is 0.0751. The fourth-order valence-corrected chi connectivity index (χ4v) is 2.61. The van der Waals surface area contributed by atoms with Crippen molar-refractivity contribution in [2.45, 2.75) is 26.4 Å². The fourth-order valence-electron chi connectivity index (χ4n) is 1.51. The molecule has 0 bridgehead atoms. The maximum atomic E-state index is 12.2. The average molecular weight is 287 g/mol. The van der Waals surface area contributed by atoms with Crippen LogP contribution in [0.2, 0.25) is 4.34 Å². The van der Waals surface area contributed by atoms with E-state index in [2.05, 4.69) is 6.58 Å². The van der Waals surface area contributed by atoms with E-state index in [-0.39, 0.29) is 11.8 Å². The third-order valence-corrected chi connectivity index (χ3v) is 3.86. The molecule has 1 heterocycles. The lowest BCUT2D eigenvalue weighted by atomic mass is 10.0. The van der Waals surface area contributed by atoms with E-state index >= 15 is 0 Å². The van der Waals surface area contributed by atoms with Crippen LogP contribution in [0, 0.1) is 5.92 Å². The maximum absolute atomic E-state index is 12.2. The van der Waals surface area contributed by atoms with E-state index in [0.29, 0.717) is 13.1 Å². The normalized spacial score (nSPS) is 12.5. The van der Waals surface area contributed by atoms with Gasteiger partial charge in [0.15, 0.2) is 0 Å². The third-order valence-electron chi connectivity index (χ3n) is 2.64. The van der Waals surface area contributed by atoms with Crippen LogP contribution in [0.3, 0.4) is 0 Å². The number of hydrogen-bond acceptors (Lipinski definition) is 3. The Bertz CT molecular complexity index is 417. The second-order valence-corrected chi connectivity index (χ2v) is 6.28. The Labute approximate surface area is 117 Å². The monoisotopic (exact) mass is 286 g/mol. The lowest BCUT2D eigenvalue weighted by molar-refractivity contribution is -0.133. The van der Waals surface area contributed by atoms with Gasteiger partial charge >= 0.3 is 0 Å². The molecule has 2 N–H and O–H groups in total. The van der Waals surface area contributed by atoms with Crippen molar-refractivity contribution in [3.63, 3.8) is 0 Å². The molecule has 0 saturated heterocycles. The second kappa shape index (κ2) is 6.92. The zero-order chi connectivity index (χ0) is 13.7. The van der Waals surface area contributed by atoms with Gasteiger partial charge in [0.05, 0.1) is 16.9 Å². The van der Waals surface area contributed by atoms with Gasteiger partial charge in [-0.2, -0.15) is 0 Å². The molecule has 0 unspecified atom stereocenters. The highest BCUT2D eigenvalue weighted by molar-refractivity contribution is 7.16. The second-order valence-electron chi connectivity index (χ2n) is 4.48. The fraction of sp³-hybridized carbons (Fsp3) is 0.462. The standard InChI is InChI=1S/C13H19ClN2OS/c1-4-7-16(13(17)12(15)9(2)3)8-10-5-6-11(14)18-10/h4-6,9,12H,1,7-8,15H2,2-3H3/t12-/m1/s1. The first-order valence-corrected chi connectivity index (χ1v) is 7.04. The van der Waals surface area contributed by atoms with Gasteiger partial charge < -0.3 is 10.6 Å². The number of amides is 1. The molecule has 1 aromatic rings. The molecule has 0 aromatic carbocycles. The van der Waals surface area contributed by atoms with E-state index < -0.39 is 6.04 Å². The van der Waals surface area contributed by atoms with Gasteiger partial charge in [-0.05, 0) is 18.1 Å². The van der Waals surface area contributed by atoms with Crippen LogP contribution in [0.15, 0.2) is 24.8 Å². The number of hydrogen-bond donors (Lipinski definition) is 1. The van der Waals surface area contributed by atoms with Crippen LogP contribution in [0.4, 0.5) is 0 Å². The summed E-state index contributed by atoms with van der Waals surface area (Å²) in [4.78, 5) is 15.0. The third kappa shape index (κ3) is 4.12. The zero-order valence-electron chi connectivity index (χ0n) is 10.7. The largest absolute Gasteiger partial charge is 0.332 e. The van der Waals surface area contributed by atoms with Gasteiger partial charge in [0, 0.05) is 11.4 Å². The van der Waals surface area contributed by atoms with Crippen LogP contribution in [0.25, 0.3) is 0 Å². The lowest BCUT2D eigenvalue weighted by Crippen LogP contribution is -2.46. The smallest absolute Gasteiger partial charge is 0.240 e. The number of nitrogens with zero attached hydrogens (tertiary/aromatic N) is 1. The molecule has 100 valence electrons. The summed E-state index contributed by atoms with van der Waals surface area (Å²) in [6.07, 6.45) is 1.71. The SMILES string of the molecule is C=CCN(Cc1ccc(Cl)s1)C(=O)[C@H](N)C(C)C. The van der Waals surface area contributed by atoms with Crippen LogP contribution in [0.5, 0.6) is 0 Å². The average Bonchev–Trinajstić information content (AvgIpc) is 2.72. The first-order valence-electron chi connectivity index (χ1n) is 5.85. The quantitative estimate of drug-likeness (QED) is 0.818. The van der Waals surface area contributed by atoms with Crippen molar-refractivity contribution < 1.29 is 4.79 Å². The molecule has 0 aliphatic heterocycles. The molecule has 0 spiro atoms. The van der Waals surface area contributed by atoms with Crippen LogP contribution < -0.4 is 5.73 Å². The van der Waals surface area contributed by atoms with Crippen molar-refractivity contribution in [1.29, 1.82) is 0 Å². The Morgan fingerprint density at radius 1 is 1.61 bits per heavy atom. The molecule has 18 heavy (non-hydrogen) atoms. The van der Waals surface area contributed by atoms with Gasteiger partial charge in [0.2, 0.25) is 5.91 Å². The van der Waals surface area contributed by atoms with Crippen molar-refractivity contribution in [3.8, 4) is 0 Å². The summed E-state index contributed by atoms with van der Waals surface area (Å²) >= 11 is 7.36. The van der Waals surface area contributed by atoms with E-state index in [4.69, 9.17) is 17.3 Å². The van der Waals surface area contributed by atoms with Gasteiger partial charge in [-0.25, -0.2) is 0 Å². The number of thiophene rings is 1. The Balaban J connectivity index is 2.76. The van der Waals surface area contributed by atoms with Crippen LogP contribution >= 0.6 is 22.9 Å². The molecule has 1 rings (SSSR count). The topological polar surface area (TPSA) is 46.3 Å². The van der Waals surface area contributed by atoms with Crippen LogP contribution in [-0.4, -0.2) is 23.4 Å². The molecule has 0 aliphatic carbocycles. The summed E-state index contributed by atoms with van der Waals surface area (Å²) in [6, 6.07) is 3.29. The molecule has 3 nitrogen and oxygen atoms in total. The highest BCUT2D eigenvalue weighted by Gasteiger charge is 2.23. The minimum absolute atomic E-state index is 0.0468. The van der Waals surface area contributed by atoms with Gasteiger partial charge in [-0.15, -0.1) is 17.9 Å². The Kier molecular flexibility index (Phi) is 5.85. The van der Waals surface area contributed by atoms with Gasteiger partial charge in [0.25, 0.3) is 0 Å². The number of carbonyl (C=O) groups excluding carboxylic acids is 1. The number of carbonyl (C=O) groups is 1. The molecule has 1 aromatic heterocycles. The van der Waals surface area contributed by atoms with Crippen molar-refractivity contribution in [1.82, 2.24) is 4.90 Å². The molecule has 0 aliphatic rings. The summed E-state index contributed by atoms with van der Waals surface area (Å²) in [5.41, 5.74) is 5.90. The highest BCUT2D eigenvalue weighted by Crippen LogP contribution is 2.23. The first kappa shape index (κ1) is 15.2. The molecule has 0 radical (unpaired) electrons. The molecule has 1 amide bonds. The van der Waals surface area contributed by atoms with E-state index in [1.807, 2.05) is 26.0 Å². The molecular formula is C13H19ClN2OS. The molecule has 0 fully saturated rings. The predicted octanol–water partition coefficient (Wildman–Crippen LogP) is 2.90. The van der Waals surface area contributed by atoms with E-state index in [9.17, 15) is 4.79 Å². The Hall–Kier alpha value is -0.840. The van der Waals surface area contributed by atoms with E-state index in [1.54, 1.807) is 11.0 Å². The summed E-state index contributed by atoms with van der Waals surface area (Å²) in [6.45, 7) is 8.58. The number of nitrogens with two attached hydrogens (primary N) is 1. The van der Waals surface area contributed by atoms with Gasteiger partial charge in [-0.1, -0.05) is 31.5 Å². The van der Waals surface area contributed by atoms with E-state index in [1.165, 1.54) is 11.3 Å². The lowest BCUT2D eigenvalue weighted by Gasteiger charge is -2.25. The minimum Gasteiger partial charge on any atom is -0.332 e. The van der Waals surface area contributed by atoms with Gasteiger partial charge in [-0.3, -0.25) is 4.79 Å². The van der Waals surface area contributed by atoms with Gasteiger partial charge in [0.1, 0.15) is 0 Å². The highest BCUT2D eigenvalue weighted by atomic mass is 35.5. The first-order chi connectivity index (χ1) is 8.45. The summed E-state index contributed by atoms with van der Waals surface area (Å²) in [7, 11) is 0. The van der Waals surface area contributed by atoms with Crippen molar-refractivity contribution in [2.24, 2.45) is 11.7 Å². The molecular weight excluding hydrogens is 268 g/mol. The Morgan fingerprint density at radius 3 is 2.72 bits per heavy atom. The van der Waals surface area contributed by atoms with Crippen molar-refractivity contribution in [2.75, 3.05) is 6.54 Å². The predicted molar refractivity (Wildman–Crippen MR) is 77.8 cm³/mol. The summed E-state index contributed by atoms with van der Waals surface area (Å²) in [5, 5.41) is 0. The maximum Gasteiger partial charge on any atom is 0.240 e. The summed E-state index contributed by atoms with van der Waals surface area (Å²) < 4.78 is 0.726. The molecule has 1 atom stereocenters. The van der Waals surface area contributed by atoms with Crippen molar-refractivity contribution >= 4 is 28.8 Å². The minimum atomic E-state index is -0.472. The zero-order valence-corrected chi connectivity index (χ0v) is 12.3. The number of halogens is 1. The van der Waals surface area contributed by atoms with Crippen molar-refractivity contribution in [3.05, 3.63) is 34.0 Å².